The second-order valence-electron chi connectivity index (χ2n) is 4.31. The highest BCUT2D eigenvalue weighted by Gasteiger charge is 2.36. The van der Waals surface area contributed by atoms with Gasteiger partial charge in [-0.25, -0.2) is 4.98 Å². The van der Waals surface area contributed by atoms with Crippen molar-refractivity contribution in [2.24, 2.45) is 0 Å². The summed E-state index contributed by atoms with van der Waals surface area (Å²) in [5, 5.41) is 8.75. The Morgan fingerprint density at radius 2 is 1.86 bits per heavy atom. The lowest BCUT2D eigenvalue weighted by Gasteiger charge is -2.22. The van der Waals surface area contributed by atoms with E-state index in [0.717, 1.165) is 0 Å². The van der Waals surface area contributed by atoms with Crippen LogP contribution < -0.4 is 9.64 Å². The molecule has 2 rings (SSSR count). The lowest BCUT2D eigenvalue weighted by molar-refractivity contribution is -0.137. The fraction of sp³-hybridized carbons (Fsp3) is 0.214. The zero-order chi connectivity index (χ0) is 16.3. The number of anilines is 2. The highest BCUT2D eigenvalue weighted by molar-refractivity contribution is 5.63. The molecular formula is C14H11F3N4O. The average Bonchev–Trinajstić information content (AvgIpc) is 2.52. The predicted molar refractivity (Wildman–Crippen MR) is 72.8 cm³/mol. The van der Waals surface area contributed by atoms with Crippen LogP contribution in [0, 0.1) is 11.3 Å². The first-order valence-electron chi connectivity index (χ1n) is 6.09. The summed E-state index contributed by atoms with van der Waals surface area (Å²) < 4.78 is 44.1. The predicted octanol–water partition coefficient (Wildman–Crippen LogP) is 3.14. The molecule has 0 fully saturated rings. The molecule has 1 aromatic heterocycles. The molecule has 0 unspecified atom stereocenters. The minimum Gasteiger partial charge on any atom is -0.467 e. The van der Waals surface area contributed by atoms with Gasteiger partial charge in [0.2, 0.25) is 0 Å². The Morgan fingerprint density at radius 3 is 2.36 bits per heavy atom. The van der Waals surface area contributed by atoms with E-state index < -0.39 is 11.7 Å². The van der Waals surface area contributed by atoms with Crippen molar-refractivity contribution < 1.29 is 17.9 Å². The second kappa shape index (κ2) is 5.89. The van der Waals surface area contributed by atoms with E-state index in [9.17, 15) is 13.2 Å². The highest BCUT2D eigenvalue weighted by Crippen LogP contribution is 2.37. The van der Waals surface area contributed by atoms with Gasteiger partial charge in [0, 0.05) is 18.9 Å². The summed E-state index contributed by atoms with van der Waals surface area (Å²) in [7, 11) is 2.71. The van der Waals surface area contributed by atoms with Gasteiger partial charge in [-0.15, -0.1) is 0 Å². The summed E-state index contributed by atoms with van der Waals surface area (Å²) in [6, 6.07) is 7.87. The van der Waals surface area contributed by atoms with Gasteiger partial charge in [-0.05, 0) is 24.3 Å². The number of rotatable bonds is 3. The van der Waals surface area contributed by atoms with E-state index in [1.807, 2.05) is 6.07 Å². The lowest BCUT2D eigenvalue weighted by Crippen LogP contribution is -2.19. The molecule has 8 heteroatoms. The van der Waals surface area contributed by atoms with Crippen LogP contribution in [0.5, 0.6) is 6.01 Å². The van der Waals surface area contributed by atoms with E-state index in [0.29, 0.717) is 17.4 Å². The van der Waals surface area contributed by atoms with E-state index in [1.165, 1.54) is 43.3 Å². The Bertz CT molecular complexity index is 708. The second-order valence-corrected chi connectivity index (χ2v) is 4.31. The van der Waals surface area contributed by atoms with Gasteiger partial charge < -0.3 is 9.64 Å². The Hall–Kier alpha value is -2.82. The van der Waals surface area contributed by atoms with Gasteiger partial charge in [0.05, 0.1) is 18.7 Å². The van der Waals surface area contributed by atoms with Crippen LogP contribution in [0.1, 0.15) is 11.1 Å². The van der Waals surface area contributed by atoms with Crippen molar-refractivity contribution >= 4 is 11.5 Å². The number of ether oxygens (including phenoxy) is 1. The maximum atomic E-state index is 13.1. The number of hydrogen-bond acceptors (Lipinski definition) is 5. The number of alkyl halides is 3. The zero-order valence-corrected chi connectivity index (χ0v) is 11.7. The molecule has 0 amide bonds. The van der Waals surface area contributed by atoms with Crippen molar-refractivity contribution in [3.63, 3.8) is 0 Å². The molecule has 0 aliphatic rings. The smallest absolute Gasteiger partial charge is 0.421 e. The number of nitriles is 1. The summed E-state index contributed by atoms with van der Waals surface area (Å²) in [6.45, 7) is 0. The number of methoxy groups -OCH3 is 1. The lowest BCUT2D eigenvalue weighted by atomic mass is 10.2. The molecule has 0 N–H and O–H groups in total. The van der Waals surface area contributed by atoms with Crippen molar-refractivity contribution in [1.82, 2.24) is 9.97 Å². The summed E-state index contributed by atoms with van der Waals surface area (Å²) in [5.41, 5.74) is -0.112. The van der Waals surface area contributed by atoms with E-state index in [2.05, 4.69) is 9.97 Å². The van der Waals surface area contributed by atoms with Gasteiger partial charge >= 0.3 is 12.2 Å². The third-order valence-electron chi connectivity index (χ3n) is 2.94. The van der Waals surface area contributed by atoms with Gasteiger partial charge in [0.1, 0.15) is 5.56 Å². The van der Waals surface area contributed by atoms with Crippen LogP contribution in [0.15, 0.2) is 30.5 Å². The molecule has 0 radical (unpaired) electrons. The largest absolute Gasteiger partial charge is 0.467 e. The molecule has 0 bridgehead atoms. The molecule has 0 saturated carbocycles. The molecule has 114 valence electrons. The molecule has 0 aliphatic heterocycles. The minimum atomic E-state index is -4.59. The molecule has 0 atom stereocenters. The molecule has 1 heterocycles. The van der Waals surface area contributed by atoms with Crippen LogP contribution in [0.25, 0.3) is 0 Å². The highest BCUT2D eigenvalue weighted by atomic mass is 19.4. The molecule has 0 aliphatic carbocycles. The van der Waals surface area contributed by atoms with Gasteiger partial charge in [0.15, 0.2) is 5.82 Å². The Kier molecular flexibility index (Phi) is 4.17. The number of nitrogens with zero attached hydrogens (tertiary/aromatic N) is 4. The van der Waals surface area contributed by atoms with Crippen molar-refractivity contribution in [1.29, 1.82) is 5.26 Å². The van der Waals surface area contributed by atoms with Gasteiger partial charge in [0.25, 0.3) is 0 Å². The third kappa shape index (κ3) is 3.09. The van der Waals surface area contributed by atoms with Crippen LogP contribution >= 0.6 is 0 Å². The van der Waals surface area contributed by atoms with Crippen molar-refractivity contribution in [2.45, 2.75) is 6.18 Å². The molecule has 2 aromatic rings. The number of benzene rings is 1. The summed E-state index contributed by atoms with van der Waals surface area (Å²) in [5.74, 6) is -0.330. The first-order valence-corrected chi connectivity index (χ1v) is 6.09. The Labute approximate surface area is 124 Å². The Morgan fingerprint density at radius 1 is 1.23 bits per heavy atom. The maximum Gasteiger partial charge on any atom is 0.421 e. The maximum absolute atomic E-state index is 13.1. The Balaban J connectivity index is 2.50. The molecule has 0 spiro atoms. The normalized spacial score (nSPS) is 10.9. The molecular weight excluding hydrogens is 297 g/mol. The van der Waals surface area contributed by atoms with Crippen molar-refractivity contribution in [2.75, 3.05) is 19.1 Å². The minimum absolute atomic E-state index is 0.163. The number of aromatic nitrogens is 2. The number of hydrogen-bond donors (Lipinski definition) is 0. The van der Waals surface area contributed by atoms with Crippen LogP contribution in [-0.4, -0.2) is 24.1 Å². The van der Waals surface area contributed by atoms with Gasteiger partial charge in [-0.1, -0.05) is 0 Å². The number of halogens is 3. The molecule has 22 heavy (non-hydrogen) atoms. The summed E-state index contributed by atoms with van der Waals surface area (Å²) in [4.78, 5) is 8.55. The van der Waals surface area contributed by atoms with E-state index >= 15 is 0 Å². The third-order valence-corrected chi connectivity index (χ3v) is 2.94. The quantitative estimate of drug-likeness (QED) is 0.871. The zero-order valence-electron chi connectivity index (χ0n) is 11.7. The fourth-order valence-electron chi connectivity index (χ4n) is 1.79. The van der Waals surface area contributed by atoms with Crippen LogP contribution in [0.2, 0.25) is 0 Å². The topological polar surface area (TPSA) is 62.0 Å². The van der Waals surface area contributed by atoms with Crippen molar-refractivity contribution in [3.05, 3.63) is 41.6 Å². The standard InChI is InChI=1S/C14H11F3N4O/c1-21(10-5-3-9(7-18)4-6-10)12-11(14(15,16)17)8-19-13(20-12)22-2/h3-6,8H,1-2H3. The first-order chi connectivity index (χ1) is 10.4. The average molecular weight is 308 g/mol. The van der Waals surface area contributed by atoms with Crippen LogP contribution in [0.3, 0.4) is 0 Å². The van der Waals surface area contributed by atoms with Crippen molar-refractivity contribution in [3.8, 4) is 12.1 Å². The monoisotopic (exact) mass is 308 g/mol. The fourth-order valence-corrected chi connectivity index (χ4v) is 1.79. The van der Waals surface area contributed by atoms with Gasteiger partial charge in [-0.3, -0.25) is 0 Å². The molecule has 0 saturated heterocycles. The van der Waals surface area contributed by atoms with Crippen LogP contribution in [0.4, 0.5) is 24.7 Å². The van der Waals surface area contributed by atoms with Crippen LogP contribution in [-0.2, 0) is 6.18 Å². The van der Waals surface area contributed by atoms with E-state index in [-0.39, 0.29) is 11.8 Å². The van der Waals surface area contributed by atoms with E-state index in [1.54, 1.807) is 0 Å². The molecule has 5 nitrogen and oxygen atoms in total. The molecule has 1 aromatic carbocycles. The first kappa shape index (κ1) is 15.6. The summed E-state index contributed by atoms with van der Waals surface area (Å²) in [6.07, 6.45) is -3.91. The van der Waals surface area contributed by atoms with Gasteiger partial charge in [-0.2, -0.15) is 23.4 Å². The SMILES string of the molecule is COc1ncc(C(F)(F)F)c(N(C)c2ccc(C#N)cc2)n1. The summed E-state index contributed by atoms with van der Waals surface area (Å²) >= 11 is 0. The van der Waals surface area contributed by atoms with E-state index in [4.69, 9.17) is 10.00 Å².